The van der Waals surface area contributed by atoms with E-state index in [1.165, 1.54) is 0 Å². The Bertz CT molecular complexity index is 118. The maximum Gasteiger partial charge on any atom is 0.0948 e. The molecule has 0 spiro atoms. The van der Waals surface area contributed by atoms with Crippen molar-refractivity contribution in [3.05, 3.63) is 0 Å². The molecular formula is CH3F3O2SZn. The van der Waals surface area contributed by atoms with Crippen molar-refractivity contribution < 1.29 is 40.4 Å². The van der Waals surface area contributed by atoms with E-state index in [1.807, 2.05) is 4.39 Å². The molecule has 0 atom stereocenters. The Morgan fingerprint density at radius 3 is 1.62 bits per heavy atom. The summed E-state index contributed by atoms with van der Waals surface area (Å²) in [4.78, 5) is 0. The SMILES string of the molecule is CS(=O)(F)(F)OF.[Zn]. The van der Waals surface area contributed by atoms with Gasteiger partial charge in [-0.3, -0.25) is 0 Å². The maximum atomic E-state index is 11.1. The third-order valence-electron chi connectivity index (χ3n) is 0.136. The average molecular weight is 201 g/mol. The van der Waals surface area contributed by atoms with Gasteiger partial charge in [0.05, 0.1) is 16.4 Å². The van der Waals surface area contributed by atoms with E-state index < -0.39 is 10.1 Å². The van der Waals surface area contributed by atoms with Gasteiger partial charge in [-0.1, -0.05) is 7.77 Å². The van der Waals surface area contributed by atoms with Crippen LogP contribution in [0.1, 0.15) is 0 Å². The second-order valence-corrected chi connectivity index (χ2v) is 3.25. The van der Waals surface area contributed by atoms with Crippen LogP contribution in [0, 0.1) is 0 Å². The van der Waals surface area contributed by atoms with Gasteiger partial charge < -0.3 is 0 Å². The Kier molecular flexibility index (Phi) is 3.42. The first-order chi connectivity index (χ1) is 2.81. The largest absolute Gasteiger partial charge is 0.147 e. The maximum absolute atomic E-state index is 11.1. The van der Waals surface area contributed by atoms with Gasteiger partial charge in [-0.2, -0.15) is 0 Å². The van der Waals surface area contributed by atoms with Gasteiger partial charge in [0.25, 0.3) is 0 Å². The van der Waals surface area contributed by atoms with Gasteiger partial charge in [0.15, 0.2) is 0 Å². The summed E-state index contributed by atoms with van der Waals surface area (Å²) in [6.45, 7) is 0. The van der Waals surface area contributed by atoms with Crippen molar-refractivity contribution in [1.29, 1.82) is 0 Å². The zero-order valence-corrected chi connectivity index (χ0v) is 7.85. The molecule has 0 radical (unpaired) electrons. The van der Waals surface area contributed by atoms with Crippen LogP contribution in [0.15, 0.2) is 0 Å². The molecule has 0 aromatic heterocycles. The Balaban J connectivity index is 0. The topological polar surface area (TPSA) is 26.3 Å². The summed E-state index contributed by atoms with van der Waals surface area (Å²) in [6, 6.07) is 0. The van der Waals surface area contributed by atoms with Crippen LogP contribution in [0.4, 0.5) is 12.3 Å². The Morgan fingerprint density at radius 2 is 1.62 bits per heavy atom. The first-order valence-corrected chi connectivity index (χ1v) is 3.30. The summed E-state index contributed by atoms with van der Waals surface area (Å²) in [5, 5.41) is 0. The molecule has 0 unspecified atom stereocenters. The summed E-state index contributed by atoms with van der Waals surface area (Å²) in [7, 11) is -6.28. The van der Waals surface area contributed by atoms with Crippen molar-refractivity contribution in [3.8, 4) is 0 Å². The van der Waals surface area contributed by atoms with Crippen LogP contribution >= 0.6 is 0 Å². The van der Waals surface area contributed by atoms with Crippen molar-refractivity contribution in [2.45, 2.75) is 0 Å². The molecule has 0 aliphatic heterocycles. The zero-order chi connectivity index (χ0) is 6.15. The predicted octanol–water partition coefficient (Wildman–Crippen LogP) is 1.02. The molecule has 0 N–H and O–H groups in total. The number of rotatable bonds is 1. The third kappa shape index (κ3) is 9.73. The van der Waals surface area contributed by atoms with Gasteiger partial charge >= 0.3 is 0 Å². The van der Waals surface area contributed by atoms with Crippen molar-refractivity contribution >= 4 is 10.1 Å². The number of halogens is 3. The van der Waals surface area contributed by atoms with E-state index in [0.717, 1.165) is 0 Å². The normalized spacial score (nSPS) is 15.8. The summed E-state index contributed by atoms with van der Waals surface area (Å²) in [6.07, 6.45) is -0.114. The van der Waals surface area contributed by atoms with Crippen LogP contribution < -0.4 is 0 Å². The summed E-state index contributed by atoms with van der Waals surface area (Å²) >= 11 is 0. The molecule has 0 aromatic rings. The first-order valence-electron chi connectivity index (χ1n) is 1.20. The van der Waals surface area contributed by atoms with Crippen molar-refractivity contribution in [2.75, 3.05) is 6.26 Å². The van der Waals surface area contributed by atoms with Gasteiger partial charge in [0.1, 0.15) is 0 Å². The van der Waals surface area contributed by atoms with Crippen LogP contribution in [0.3, 0.4) is 0 Å². The van der Waals surface area contributed by atoms with Crippen LogP contribution in [0.5, 0.6) is 0 Å². The molecule has 0 aliphatic carbocycles. The van der Waals surface area contributed by atoms with Crippen LogP contribution in [0.25, 0.3) is 0 Å². The molecule has 0 saturated carbocycles. The predicted molar refractivity (Wildman–Crippen MR) is 18.5 cm³/mol. The van der Waals surface area contributed by atoms with Crippen molar-refractivity contribution in [3.63, 3.8) is 0 Å². The molecule has 0 amide bonds. The summed E-state index contributed by atoms with van der Waals surface area (Å²) in [5.41, 5.74) is 0. The average Bonchev–Trinajstić information content (AvgIpc) is 1.32. The van der Waals surface area contributed by atoms with E-state index in [9.17, 15) is 16.5 Å². The Hall–Kier alpha value is 0.523. The van der Waals surface area contributed by atoms with E-state index in [4.69, 9.17) is 0 Å². The molecule has 2 nitrogen and oxygen atoms in total. The molecule has 0 fully saturated rings. The minimum absolute atomic E-state index is 0. The second kappa shape index (κ2) is 2.41. The molecule has 7 heteroatoms. The fourth-order valence-corrected chi connectivity index (χ4v) is 0. The van der Waals surface area contributed by atoms with Crippen LogP contribution in [0.2, 0.25) is 0 Å². The molecule has 0 aromatic carbocycles. The Morgan fingerprint density at radius 1 is 1.50 bits per heavy atom. The van der Waals surface area contributed by atoms with E-state index in [2.05, 4.69) is 0 Å². The van der Waals surface area contributed by atoms with Crippen molar-refractivity contribution in [1.82, 2.24) is 0 Å². The van der Waals surface area contributed by atoms with Crippen LogP contribution in [-0.2, 0) is 34.0 Å². The molecule has 0 heterocycles. The molecule has 48 valence electrons. The molecule has 0 saturated heterocycles. The monoisotopic (exact) mass is 200 g/mol. The minimum atomic E-state index is -6.28. The van der Waals surface area contributed by atoms with Gasteiger partial charge in [0, 0.05) is 19.5 Å². The standard InChI is InChI=1S/CH3F3O2S.Zn/c1-7(3,4,5)6-2;/h1H3;. The molecule has 0 aliphatic rings. The summed E-state index contributed by atoms with van der Waals surface area (Å²) in [5.74, 6) is 0. The van der Waals surface area contributed by atoms with Gasteiger partial charge in [-0.25, -0.2) is 0 Å². The smallest absolute Gasteiger partial charge is 0.0948 e. The van der Waals surface area contributed by atoms with Gasteiger partial charge in [-0.15, -0.1) is 4.21 Å². The zero-order valence-electron chi connectivity index (χ0n) is 4.07. The summed E-state index contributed by atoms with van der Waals surface area (Å²) < 4.78 is 43.6. The quantitative estimate of drug-likeness (QED) is 0.468. The van der Waals surface area contributed by atoms with Gasteiger partial charge in [-0.05, 0) is 8.91 Å². The second-order valence-electron chi connectivity index (χ2n) is 1.08. The van der Waals surface area contributed by atoms with Crippen molar-refractivity contribution in [2.24, 2.45) is 0 Å². The minimum Gasteiger partial charge on any atom is -0.147 e. The molecule has 0 rings (SSSR count). The fourth-order valence-electron chi connectivity index (χ4n) is 0. The number of hydrogen-bond acceptors (Lipinski definition) is 2. The van der Waals surface area contributed by atoms with E-state index >= 15 is 0 Å². The van der Waals surface area contributed by atoms with Crippen LogP contribution in [-0.4, -0.2) is 10.5 Å². The fraction of sp³-hybridized carbons (Fsp3) is 1.00. The molecule has 8 heavy (non-hydrogen) atoms. The number of hydrogen-bond donors (Lipinski definition) is 0. The Labute approximate surface area is 57.2 Å². The molecular weight excluding hydrogens is 198 g/mol. The van der Waals surface area contributed by atoms with E-state index in [0.29, 0.717) is 0 Å². The molecule has 0 bridgehead atoms. The van der Waals surface area contributed by atoms with Gasteiger partial charge in [0.2, 0.25) is 0 Å². The van der Waals surface area contributed by atoms with E-state index in [1.54, 1.807) is 0 Å². The first kappa shape index (κ1) is 11.3. The third-order valence-corrected chi connectivity index (χ3v) is 0.409. The van der Waals surface area contributed by atoms with E-state index in [-0.39, 0.29) is 25.7 Å².